The van der Waals surface area contributed by atoms with Crippen molar-refractivity contribution in [1.29, 1.82) is 0 Å². The minimum absolute atomic E-state index is 0.109. The zero-order valence-corrected chi connectivity index (χ0v) is 8.00. The van der Waals surface area contributed by atoms with Gasteiger partial charge in [0.2, 0.25) is 0 Å². The van der Waals surface area contributed by atoms with Crippen molar-refractivity contribution in [3.8, 4) is 0 Å². The number of aliphatic hydroxyl groups is 1. The fraction of sp³-hybridized carbons (Fsp3) is 0.333. The maximum absolute atomic E-state index is 11.9. The van der Waals surface area contributed by atoms with E-state index in [0.717, 1.165) is 11.3 Å². The fourth-order valence-corrected chi connectivity index (χ4v) is 2.25. The first-order valence-corrected chi connectivity index (χ1v) is 4.58. The molecule has 1 atom stereocenters. The molecule has 0 amide bonds. The molecule has 1 nitrogen and oxygen atoms in total. The molecule has 1 aromatic rings. The Morgan fingerprint density at radius 1 is 1.50 bits per heavy atom. The van der Waals surface area contributed by atoms with E-state index in [-0.39, 0.29) is 9.35 Å². The molecule has 12 heavy (non-hydrogen) atoms. The summed E-state index contributed by atoms with van der Waals surface area (Å²) in [6, 6.07) is 1.47. The van der Waals surface area contributed by atoms with Crippen LogP contribution in [0.4, 0.5) is 13.2 Å². The quantitative estimate of drug-likeness (QED) is 0.823. The van der Waals surface area contributed by atoms with E-state index in [0.29, 0.717) is 0 Å². The molecule has 0 aromatic carbocycles. The zero-order valence-electron chi connectivity index (χ0n) is 5.60. The Balaban J connectivity index is 2.92. The summed E-state index contributed by atoms with van der Waals surface area (Å²) >= 11 is 3.78. The van der Waals surface area contributed by atoms with Gasteiger partial charge in [0.1, 0.15) is 0 Å². The van der Waals surface area contributed by atoms with Gasteiger partial charge in [-0.1, -0.05) is 0 Å². The third kappa shape index (κ3) is 1.99. The average Bonchev–Trinajstić information content (AvgIpc) is 2.31. The van der Waals surface area contributed by atoms with Crippen LogP contribution in [0, 0.1) is 0 Å². The van der Waals surface area contributed by atoms with Crippen LogP contribution >= 0.6 is 27.3 Å². The molecule has 1 aromatic heterocycles. The van der Waals surface area contributed by atoms with Crippen molar-refractivity contribution in [3.63, 3.8) is 0 Å². The summed E-state index contributed by atoms with van der Waals surface area (Å²) in [6.45, 7) is 0. The van der Waals surface area contributed by atoms with Crippen molar-refractivity contribution < 1.29 is 18.3 Å². The van der Waals surface area contributed by atoms with Crippen LogP contribution in [0.3, 0.4) is 0 Å². The summed E-state index contributed by atoms with van der Waals surface area (Å²) in [6.07, 6.45) is -6.97. The van der Waals surface area contributed by atoms with E-state index in [1.807, 2.05) is 0 Å². The van der Waals surface area contributed by atoms with Gasteiger partial charge in [-0.3, -0.25) is 0 Å². The third-order valence-corrected chi connectivity index (χ3v) is 3.13. The first kappa shape index (κ1) is 10.0. The fourth-order valence-electron chi connectivity index (χ4n) is 0.649. The number of thiophene rings is 1. The number of halogens is 4. The summed E-state index contributed by atoms with van der Waals surface area (Å²) in [7, 11) is 0. The van der Waals surface area contributed by atoms with Crippen LogP contribution in [-0.2, 0) is 0 Å². The lowest BCUT2D eigenvalue weighted by molar-refractivity contribution is -0.205. The van der Waals surface area contributed by atoms with Gasteiger partial charge in [-0.25, -0.2) is 0 Å². The van der Waals surface area contributed by atoms with Gasteiger partial charge in [-0.05, 0) is 27.4 Å². The first-order valence-electron chi connectivity index (χ1n) is 2.90. The van der Waals surface area contributed by atoms with E-state index in [1.165, 1.54) is 11.4 Å². The van der Waals surface area contributed by atoms with Gasteiger partial charge < -0.3 is 5.11 Å². The molecular formula is C6H4BrF3OS. The third-order valence-electron chi connectivity index (χ3n) is 1.20. The monoisotopic (exact) mass is 260 g/mol. The summed E-state index contributed by atoms with van der Waals surface area (Å²) in [5.41, 5.74) is 0. The Hall–Kier alpha value is -0.0700. The van der Waals surface area contributed by atoms with Crippen LogP contribution in [0.1, 0.15) is 11.0 Å². The molecule has 0 aliphatic carbocycles. The molecule has 0 unspecified atom stereocenters. The Labute approximate surface area is 79.0 Å². The van der Waals surface area contributed by atoms with E-state index in [4.69, 9.17) is 5.11 Å². The number of rotatable bonds is 1. The lowest BCUT2D eigenvalue weighted by Gasteiger charge is -2.12. The summed E-state index contributed by atoms with van der Waals surface area (Å²) in [5.74, 6) is 0. The number of alkyl halides is 3. The topological polar surface area (TPSA) is 20.2 Å². The van der Waals surface area contributed by atoms with E-state index >= 15 is 0 Å². The van der Waals surface area contributed by atoms with Crippen molar-refractivity contribution in [2.75, 3.05) is 0 Å². The van der Waals surface area contributed by atoms with E-state index in [9.17, 15) is 13.2 Å². The van der Waals surface area contributed by atoms with Gasteiger partial charge in [0.25, 0.3) is 0 Å². The molecule has 6 heteroatoms. The van der Waals surface area contributed by atoms with Crippen LogP contribution in [0.2, 0.25) is 0 Å². The van der Waals surface area contributed by atoms with E-state index < -0.39 is 12.3 Å². The number of hydrogen-bond donors (Lipinski definition) is 1. The van der Waals surface area contributed by atoms with Crippen molar-refractivity contribution in [3.05, 3.63) is 20.8 Å². The highest BCUT2D eigenvalue weighted by molar-refractivity contribution is 9.10. The maximum Gasteiger partial charge on any atom is 0.419 e. The molecule has 0 aliphatic heterocycles. The minimum atomic E-state index is -4.59. The van der Waals surface area contributed by atoms with Gasteiger partial charge >= 0.3 is 6.18 Å². The average molecular weight is 261 g/mol. The Bertz CT molecular complexity index is 270. The standard InChI is InChI=1S/C6H4BrF3OS/c7-3-1-2-12-4(3)5(11)6(8,9)10/h1-2,5,11H/t5-/m0/s1. The van der Waals surface area contributed by atoms with E-state index in [2.05, 4.69) is 15.9 Å². The van der Waals surface area contributed by atoms with Crippen molar-refractivity contribution >= 4 is 27.3 Å². The van der Waals surface area contributed by atoms with Gasteiger partial charge in [0.15, 0.2) is 6.10 Å². The molecule has 0 saturated heterocycles. The van der Waals surface area contributed by atoms with Crippen LogP contribution in [0.15, 0.2) is 15.9 Å². The number of hydrogen-bond acceptors (Lipinski definition) is 2. The summed E-state index contributed by atoms with van der Waals surface area (Å²) in [5, 5.41) is 10.3. The highest BCUT2D eigenvalue weighted by atomic mass is 79.9. The minimum Gasteiger partial charge on any atom is -0.379 e. The van der Waals surface area contributed by atoms with Gasteiger partial charge in [-0.15, -0.1) is 11.3 Å². The molecule has 0 bridgehead atoms. The summed E-state index contributed by atoms with van der Waals surface area (Å²) in [4.78, 5) is -0.109. The highest BCUT2D eigenvalue weighted by Crippen LogP contribution is 2.38. The molecule has 0 aliphatic rings. The Morgan fingerprint density at radius 3 is 2.42 bits per heavy atom. The predicted octanol–water partition coefficient (Wildman–Crippen LogP) is 3.11. The molecule has 1 rings (SSSR count). The van der Waals surface area contributed by atoms with Gasteiger partial charge in [0, 0.05) is 4.47 Å². The largest absolute Gasteiger partial charge is 0.419 e. The molecule has 0 spiro atoms. The first-order chi connectivity index (χ1) is 5.43. The molecule has 1 N–H and O–H groups in total. The van der Waals surface area contributed by atoms with Crippen molar-refractivity contribution in [2.24, 2.45) is 0 Å². The van der Waals surface area contributed by atoms with Gasteiger partial charge in [-0.2, -0.15) is 13.2 Å². The van der Waals surface area contributed by atoms with Crippen molar-refractivity contribution in [2.45, 2.75) is 12.3 Å². The second kappa shape index (κ2) is 3.35. The summed E-state index contributed by atoms with van der Waals surface area (Å²) < 4.78 is 36.1. The molecule has 1 heterocycles. The maximum atomic E-state index is 11.9. The second-order valence-corrected chi connectivity index (χ2v) is 3.88. The molecule has 68 valence electrons. The number of aliphatic hydroxyl groups excluding tert-OH is 1. The smallest absolute Gasteiger partial charge is 0.379 e. The molecular weight excluding hydrogens is 257 g/mol. The lowest BCUT2D eigenvalue weighted by Crippen LogP contribution is -2.19. The highest BCUT2D eigenvalue weighted by Gasteiger charge is 2.40. The molecule has 0 saturated carbocycles. The lowest BCUT2D eigenvalue weighted by atomic mass is 10.3. The Morgan fingerprint density at radius 2 is 2.08 bits per heavy atom. The normalized spacial score (nSPS) is 14.8. The molecule has 0 fully saturated rings. The van der Waals surface area contributed by atoms with Crippen molar-refractivity contribution in [1.82, 2.24) is 0 Å². The van der Waals surface area contributed by atoms with Crippen LogP contribution < -0.4 is 0 Å². The van der Waals surface area contributed by atoms with E-state index in [1.54, 1.807) is 0 Å². The van der Waals surface area contributed by atoms with Gasteiger partial charge in [0.05, 0.1) is 4.88 Å². The van der Waals surface area contributed by atoms with Crippen LogP contribution in [-0.4, -0.2) is 11.3 Å². The SMILES string of the molecule is O[C@@H](c1sccc1Br)C(F)(F)F. The Kier molecular flexibility index (Phi) is 2.80. The predicted molar refractivity (Wildman–Crippen MR) is 43.0 cm³/mol. The molecule has 0 radical (unpaired) electrons. The zero-order chi connectivity index (χ0) is 9.35. The van der Waals surface area contributed by atoms with Crippen LogP contribution in [0.5, 0.6) is 0 Å². The second-order valence-electron chi connectivity index (χ2n) is 2.08. The van der Waals surface area contributed by atoms with Crippen LogP contribution in [0.25, 0.3) is 0 Å².